The number of guanidine groups is 1. The largest absolute Gasteiger partial charge is 0.624 e. The van der Waals surface area contributed by atoms with Gasteiger partial charge in [0.05, 0.1) is 19.6 Å². The van der Waals surface area contributed by atoms with Crippen molar-refractivity contribution in [1.29, 1.82) is 0 Å². The molecular weight excluding hydrogens is 678 g/mol. The predicted octanol–water partition coefficient (Wildman–Crippen LogP) is -4.55. The average Bonchev–Trinajstić information content (AvgIpc) is 3.17. The molecule has 0 spiro atoms. The second-order valence-electron chi connectivity index (χ2n) is 12.6. The maximum Gasteiger partial charge on any atom is 0.381 e. The molecule has 1 aromatic carbocycles. The van der Waals surface area contributed by atoms with E-state index in [1.54, 1.807) is 27.7 Å². The Labute approximate surface area is 292 Å². The maximum absolute atomic E-state index is 13.0. The number of hydrogen-bond acceptors (Lipinski definition) is 11. The van der Waals surface area contributed by atoms with Crippen molar-refractivity contribution < 1.29 is 58.6 Å². The van der Waals surface area contributed by atoms with Crippen molar-refractivity contribution >= 4 is 47.4 Å². The van der Waals surface area contributed by atoms with Gasteiger partial charge in [0.15, 0.2) is 18.1 Å². The van der Waals surface area contributed by atoms with Crippen molar-refractivity contribution in [2.75, 3.05) is 26.3 Å². The quantitative estimate of drug-likeness (QED) is 0.0211. The molecule has 1 aromatic rings. The fourth-order valence-electron chi connectivity index (χ4n) is 4.69. The Morgan fingerprint density at radius 1 is 0.941 bits per heavy atom. The summed E-state index contributed by atoms with van der Waals surface area (Å²) < 4.78 is 6.21. The zero-order valence-corrected chi connectivity index (χ0v) is 28.6. The normalized spacial score (nSPS) is 17.6. The number of amides is 4. The summed E-state index contributed by atoms with van der Waals surface area (Å²) in [5, 5.41) is 61.6. The highest BCUT2D eigenvalue weighted by Gasteiger charge is 2.60. The van der Waals surface area contributed by atoms with Crippen molar-refractivity contribution in [3.63, 3.8) is 0 Å². The third-order valence-corrected chi connectivity index (χ3v) is 8.37. The molecule has 1 unspecified atom stereocenters. The number of hydroxylamine groups is 3. The van der Waals surface area contributed by atoms with Gasteiger partial charge >= 0.3 is 17.8 Å². The van der Waals surface area contributed by atoms with E-state index in [0.29, 0.717) is 10.3 Å². The minimum atomic E-state index is -1.76. The smallest absolute Gasteiger partial charge is 0.381 e. The third kappa shape index (κ3) is 11.2. The molecule has 51 heavy (non-hydrogen) atoms. The van der Waals surface area contributed by atoms with Crippen LogP contribution >= 0.6 is 0 Å². The number of hydrogen-bond donors (Lipinski definition) is 10. The number of carboxylic acid groups (broad SMARTS) is 2. The number of benzene rings is 1. The highest BCUT2D eigenvalue weighted by atomic mass is 16.5. The summed E-state index contributed by atoms with van der Waals surface area (Å²) in [6.45, 7) is 4.53. The molecular formula is C30H45N9O12. The van der Waals surface area contributed by atoms with E-state index in [2.05, 4.69) is 20.9 Å². The molecule has 0 aromatic heterocycles. The van der Waals surface area contributed by atoms with Crippen LogP contribution in [0.1, 0.15) is 52.5 Å². The Kier molecular flexibility index (Phi) is 14.6. The molecule has 21 heteroatoms. The zero-order valence-electron chi connectivity index (χ0n) is 28.6. The van der Waals surface area contributed by atoms with E-state index in [4.69, 9.17) is 31.5 Å². The second kappa shape index (κ2) is 17.9. The number of aliphatic hydroxyl groups excluding tert-OH is 1. The Balaban J connectivity index is 2.05. The summed E-state index contributed by atoms with van der Waals surface area (Å²) in [6, 6.07) is 1.21. The summed E-state index contributed by atoms with van der Waals surface area (Å²) in [7, 11) is 0. The van der Waals surface area contributed by atoms with Crippen LogP contribution < -0.4 is 42.5 Å². The Morgan fingerprint density at radius 3 is 2.06 bits per heavy atom. The maximum atomic E-state index is 13.0. The van der Waals surface area contributed by atoms with E-state index < -0.39 is 91.0 Å². The summed E-state index contributed by atoms with van der Waals surface area (Å²) >= 11 is 0. The van der Waals surface area contributed by atoms with Crippen LogP contribution in [-0.2, 0) is 28.8 Å². The lowest BCUT2D eigenvalue weighted by Crippen LogP contribution is -3.17. The number of ether oxygens (including phenoxy) is 1. The number of nitrogens with two attached hydrogens (primary N) is 2. The van der Waals surface area contributed by atoms with Crippen LogP contribution in [0.15, 0.2) is 29.3 Å². The second-order valence-corrected chi connectivity index (χ2v) is 12.6. The summed E-state index contributed by atoms with van der Waals surface area (Å²) in [5.74, 6) is -6.90. The minimum Gasteiger partial charge on any atom is -0.624 e. The number of nitrogens with zero attached hydrogens (tertiary/aromatic N) is 2. The van der Waals surface area contributed by atoms with E-state index in [1.807, 2.05) is 5.32 Å². The van der Waals surface area contributed by atoms with E-state index in [-0.39, 0.29) is 42.0 Å². The number of carbonyl (C=O) groups is 6. The molecule has 1 aliphatic rings. The van der Waals surface area contributed by atoms with Crippen molar-refractivity contribution in [1.82, 2.24) is 21.3 Å². The van der Waals surface area contributed by atoms with Gasteiger partial charge in [0.25, 0.3) is 5.91 Å². The fraction of sp³-hybridized carbons (Fsp3) is 0.533. The molecule has 4 amide bonds. The third-order valence-electron chi connectivity index (χ3n) is 8.37. The van der Waals surface area contributed by atoms with E-state index in [1.165, 1.54) is 24.3 Å². The number of carboxylic acids is 2. The van der Waals surface area contributed by atoms with Gasteiger partial charge in [-0.15, -0.1) is 4.74 Å². The van der Waals surface area contributed by atoms with Crippen LogP contribution in [0.5, 0.6) is 5.75 Å². The van der Waals surface area contributed by atoms with Crippen LogP contribution in [0.3, 0.4) is 0 Å². The summed E-state index contributed by atoms with van der Waals surface area (Å²) in [5.41, 5.74) is 9.11. The SMILES string of the molecule is CC1(C)[N+]([O-])=C(c2ccc(OCC(=O)N[C@@H](CCCN=C(N)N)C(=O)NCC(=O)N[C@@H](CC(=O)O)C(=O)N[C@@H](CO)C(=O)O)cc2)[NH+]([O-])C1(C)C. The summed E-state index contributed by atoms with van der Waals surface area (Å²) in [6.07, 6.45) is -0.735. The lowest BCUT2D eigenvalue weighted by Gasteiger charge is -2.34. The first kappa shape index (κ1) is 41.6. The highest BCUT2D eigenvalue weighted by Crippen LogP contribution is 2.27. The van der Waals surface area contributed by atoms with Gasteiger partial charge in [-0.05, 0) is 51.0 Å². The van der Waals surface area contributed by atoms with E-state index in [0.717, 1.165) is 0 Å². The Morgan fingerprint density at radius 2 is 1.55 bits per heavy atom. The van der Waals surface area contributed by atoms with Gasteiger partial charge in [0.2, 0.25) is 23.3 Å². The topological polar surface area (TPSA) is 338 Å². The molecule has 0 bridgehead atoms. The molecule has 1 heterocycles. The number of rotatable bonds is 19. The van der Waals surface area contributed by atoms with Gasteiger partial charge in [-0.25, -0.2) is 4.79 Å². The molecule has 2 rings (SSSR count). The molecule has 0 radical (unpaired) electrons. The molecule has 0 aliphatic carbocycles. The molecule has 282 valence electrons. The predicted molar refractivity (Wildman–Crippen MR) is 178 cm³/mol. The zero-order chi connectivity index (χ0) is 38.7. The number of amidine groups is 1. The van der Waals surface area contributed by atoms with Crippen molar-refractivity contribution in [2.24, 2.45) is 16.5 Å². The van der Waals surface area contributed by atoms with Crippen molar-refractivity contribution in [3.05, 3.63) is 40.2 Å². The first-order valence-corrected chi connectivity index (χ1v) is 15.6. The molecule has 21 nitrogen and oxygen atoms in total. The van der Waals surface area contributed by atoms with E-state index in [9.17, 15) is 39.2 Å². The van der Waals surface area contributed by atoms with Crippen LogP contribution in [-0.4, -0.2) is 123 Å². The minimum absolute atomic E-state index is 0.00250. The van der Waals surface area contributed by atoms with Crippen LogP contribution in [0, 0.1) is 10.4 Å². The number of aliphatic imine (C=N–C) groups is 1. The number of nitrogens with one attached hydrogen (secondary N) is 5. The van der Waals surface area contributed by atoms with Crippen LogP contribution in [0.25, 0.3) is 0 Å². The van der Waals surface area contributed by atoms with Crippen LogP contribution in [0.4, 0.5) is 0 Å². The van der Waals surface area contributed by atoms with Gasteiger partial charge < -0.3 is 63.2 Å². The van der Waals surface area contributed by atoms with Crippen molar-refractivity contribution in [2.45, 2.75) is 76.2 Å². The van der Waals surface area contributed by atoms with Crippen LogP contribution in [0.2, 0.25) is 0 Å². The van der Waals surface area contributed by atoms with Gasteiger partial charge in [-0.3, -0.25) is 34.0 Å². The number of carbonyl (C=O) groups excluding carboxylic acids is 4. The first-order chi connectivity index (χ1) is 23.7. The van der Waals surface area contributed by atoms with Gasteiger partial charge in [-0.1, -0.05) is 0 Å². The lowest BCUT2D eigenvalue weighted by atomic mass is 9.84. The standard InChI is InChI=1S/C30H45N9O12/c1-29(2)30(3,4)39(50)26(38(29)49)16-7-9-17(10-8-16)51-15-22(42)35-18(6-5-11-33-28(31)32)24(45)34-13-21(41)36-19(12-23(43)44)25(46)37-20(14-40)27(47)48/h7-10,18-20,38,40H,5-6,11-15H2,1-4H3,(H,34,45)(H,35,42)(H,36,41)(H,37,46)(H,43,44)(H,47,48)(H4,31,32,33)/t18-,19-,20-/m0/s1. The Bertz CT molecular complexity index is 1520. The first-order valence-electron chi connectivity index (χ1n) is 15.6. The summed E-state index contributed by atoms with van der Waals surface area (Å²) in [4.78, 5) is 76.8. The fourth-order valence-corrected chi connectivity index (χ4v) is 4.69. The van der Waals surface area contributed by atoms with E-state index >= 15 is 0 Å². The molecule has 0 saturated heterocycles. The lowest BCUT2D eigenvalue weighted by molar-refractivity contribution is -0.805. The highest BCUT2D eigenvalue weighted by molar-refractivity contribution is 5.95. The van der Waals surface area contributed by atoms with Gasteiger partial charge in [0.1, 0.15) is 29.4 Å². The van der Waals surface area contributed by atoms with Gasteiger partial charge in [0, 0.05) is 20.4 Å². The molecule has 1 aliphatic heterocycles. The monoisotopic (exact) mass is 723 g/mol. The molecule has 4 atom stereocenters. The van der Waals surface area contributed by atoms with Gasteiger partial charge in [-0.2, -0.15) is 0 Å². The number of aliphatic carboxylic acids is 2. The molecule has 12 N–H and O–H groups in total. The molecule has 0 saturated carbocycles. The Hall–Kier alpha value is -5.54. The number of aliphatic hydroxyl groups is 1. The molecule has 0 fully saturated rings. The number of quaternary nitrogens is 1. The average molecular weight is 724 g/mol. The van der Waals surface area contributed by atoms with Crippen molar-refractivity contribution in [3.8, 4) is 5.75 Å².